The quantitative estimate of drug-likeness (QED) is 0.213. The summed E-state index contributed by atoms with van der Waals surface area (Å²) in [5, 5.41) is 1.77. The summed E-state index contributed by atoms with van der Waals surface area (Å²) in [7, 11) is 0. The Morgan fingerprint density at radius 2 is 0.288 bits per heavy atom. The van der Waals surface area contributed by atoms with Gasteiger partial charge in [-0.1, -0.05) is 97.1 Å². The van der Waals surface area contributed by atoms with Crippen molar-refractivity contribution < 1.29 is 17.7 Å². The Labute approximate surface area is 283 Å². The van der Waals surface area contributed by atoms with Gasteiger partial charge in [-0.25, -0.2) is 38.4 Å². The number of benzene rings is 4. The molecular weight excluding hydrogens is 672 g/mol. The summed E-state index contributed by atoms with van der Waals surface area (Å²) < 4.78 is 19.9. The van der Waals surface area contributed by atoms with Crippen LogP contribution in [0.25, 0.3) is 86.2 Å². The minimum atomic E-state index is -0.904. The molecule has 0 saturated heterocycles. The van der Waals surface area contributed by atoms with Gasteiger partial charge >= 0.3 is 45.0 Å². The third-order valence-electron chi connectivity index (χ3n) is 9.22. The van der Waals surface area contributed by atoms with Crippen molar-refractivity contribution in [3.8, 4) is 0 Å². The molecule has 4 heterocycles. The number of furan rings is 4. The highest BCUT2D eigenvalue weighted by molar-refractivity contribution is 6.11. The third kappa shape index (κ3) is 4.41. The molecule has 0 aliphatic carbocycles. The summed E-state index contributed by atoms with van der Waals surface area (Å²) in [5.74, 6) is 0. The molecule has 0 amide bonds. The van der Waals surface area contributed by atoms with E-state index < -0.39 is 45.0 Å². The van der Waals surface area contributed by atoms with Crippen LogP contribution in [0.2, 0.25) is 0 Å². The predicted octanol–water partition coefficient (Wildman–Crippen LogP) is 4.73. The zero-order chi connectivity index (χ0) is 36.0. The van der Waals surface area contributed by atoms with E-state index in [2.05, 4.69) is 0 Å². The summed E-state index contributed by atoms with van der Waals surface area (Å²) in [4.78, 5) is 104. The van der Waals surface area contributed by atoms with Crippen molar-refractivity contribution in [1.82, 2.24) is 0 Å². The first-order valence-corrected chi connectivity index (χ1v) is 15.6. The minimum Gasteiger partial charge on any atom is -0.386 e. The zero-order valence-corrected chi connectivity index (χ0v) is 26.1. The van der Waals surface area contributed by atoms with Crippen LogP contribution in [0.1, 0.15) is 0 Å². The minimum absolute atomic E-state index is 0.0540. The lowest BCUT2D eigenvalue weighted by Crippen LogP contribution is -1.95. The van der Waals surface area contributed by atoms with Gasteiger partial charge in [-0.05, 0) is 43.1 Å². The normalized spacial score (nSPS) is 11.7. The van der Waals surface area contributed by atoms with Crippen LogP contribution in [0.3, 0.4) is 0 Å². The van der Waals surface area contributed by atoms with Gasteiger partial charge in [0.1, 0.15) is 0 Å². The molecule has 0 unspecified atom stereocenters. The van der Waals surface area contributed by atoms with Gasteiger partial charge in [-0.3, -0.25) is 0 Å². The highest BCUT2D eigenvalue weighted by Crippen LogP contribution is 2.25. The van der Waals surface area contributed by atoms with Crippen molar-refractivity contribution in [2.45, 2.75) is 0 Å². The van der Waals surface area contributed by atoms with Crippen LogP contribution >= 0.6 is 0 Å². The number of hydrogen-bond donors (Lipinski definition) is 0. The molecular formula is C40H16O12. The first kappa shape index (κ1) is 30.5. The van der Waals surface area contributed by atoms with Gasteiger partial charge in [0.25, 0.3) is 0 Å². The molecule has 11 aromatic carbocycles. The van der Waals surface area contributed by atoms with Crippen LogP contribution in [0.15, 0.2) is 153 Å². The maximum Gasteiger partial charge on any atom is 0.347 e. The van der Waals surface area contributed by atoms with E-state index in [-0.39, 0.29) is 86.2 Å². The molecule has 0 N–H and O–H groups in total. The Hall–Kier alpha value is -7.60. The predicted molar refractivity (Wildman–Crippen MR) is 195 cm³/mol. The highest BCUT2D eigenvalue weighted by atomic mass is 16.4. The van der Waals surface area contributed by atoms with Crippen molar-refractivity contribution in [1.29, 1.82) is 0 Å². The zero-order valence-electron chi connectivity index (χ0n) is 26.1. The maximum absolute atomic E-state index is 13.0. The number of rotatable bonds is 0. The second kappa shape index (κ2) is 11.0. The van der Waals surface area contributed by atoms with E-state index in [1.54, 1.807) is 0 Å². The van der Waals surface area contributed by atoms with Crippen LogP contribution < -0.4 is 45.0 Å². The van der Waals surface area contributed by atoms with Crippen LogP contribution in [-0.2, 0) is 0 Å². The van der Waals surface area contributed by atoms with Crippen molar-refractivity contribution in [2.75, 3.05) is 0 Å². The maximum atomic E-state index is 13.0. The molecule has 0 saturated carbocycles. The molecule has 0 aliphatic heterocycles. The van der Waals surface area contributed by atoms with E-state index in [4.69, 9.17) is 17.7 Å². The third-order valence-corrected chi connectivity index (χ3v) is 9.22. The van der Waals surface area contributed by atoms with Crippen molar-refractivity contribution in [2.24, 2.45) is 0 Å². The molecule has 12 heteroatoms. The van der Waals surface area contributed by atoms with Gasteiger partial charge in [-0.15, -0.1) is 0 Å². The van der Waals surface area contributed by atoms with E-state index in [9.17, 15) is 38.4 Å². The summed E-state index contributed by atoms with van der Waals surface area (Å²) in [6.07, 6.45) is 0. The second-order valence-electron chi connectivity index (χ2n) is 12.0. The van der Waals surface area contributed by atoms with Crippen molar-refractivity contribution in [3.05, 3.63) is 180 Å². The van der Waals surface area contributed by atoms with E-state index in [1.165, 1.54) is 97.1 Å². The highest BCUT2D eigenvalue weighted by Gasteiger charge is 2.16. The van der Waals surface area contributed by atoms with Crippen molar-refractivity contribution in [3.63, 3.8) is 0 Å². The fraction of sp³-hybridized carbons (Fsp3) is 0. The molecule has 0 atom stereocenters. The molecule has 12 nitrogen and oxygen atoms in total. The van der Waals surface area contributed by atoms with Crippen LogP contribution in [-0.4, -0.2) is 0 Å². The van der Waals surface area contributed by atoms with Gasteiger partial charge in [0, 0.05) is 0 Å². The summed E-state index contributed by atoms with van der Waals surface area (Å²) in [6, 6.07) is 23.8. The molecule has 0 fully saturated rings. The SMILES string of the molecule is O=c1oc(=O)c2c3ccc(cc3)c3c(=O)oc(=O)c3c3ccc(cc3)c3c(=O)oc(=O)c3c3ccc(cc3)c3c(=O)oc(=O)c3c3ccc(cc3)c12. The van der Waals surface area contributed by atoms with Crippen LogP contribution in [0.4, 0.5) is 0 Å². The van der Waals surface area contributed by atoms with Gasteiger partial charge in [0.05, 0.1) is 43.1 Å². The summed E-state index contributed by atoms with van der Waals surface area (Å²) >= 11 is 0. The molecule has 0 aliphatic rings. The van der Waals surface area contributed by atoms with E-state index in [1.807, 2.05) is 0 Å². The molecule has 0 radical (unpaired) electrons. The van der Waals surface area contributed by atoms with E-state index in [0.717, 1.165) is 0 Å². The van der Waals surface area contributed by atoms with Crippen LogP contribution in [0.5, 0.6) is 0 Å². The molecule has 248 valence electrons. The summed E-state index contributed by atoms with van der Waals surface area (Å²) in [5.41, 5.74) is -7.24. The van der Waals surface area contributed by atoms with E-state index >= 15 is 0 Å². The second-order valence-corrected chi connectivity index (χ2v) is 12.0. The van der Waals surface area contributed by atoms with Gasteiger partial charge < -0.3 is 17.7 Å². The molecule has 15 rings (SSSR count). The monoisotopic (exact) mass is 688 g/mol. The van der Waals surface area contributed by atoms with E-state index in [0.29, 0.717) is 0 Å². The first-order chi connectivity index (χ1) is 25.1. The molecule has 8 bridgehead atoms. The van der Waals surface area contributed by atoms with Gasteiger partial charge in [0.15, 0.2) is 0 Å². The lowest BCUT2D eigenvalue weighted by molar-refractivity contribution is 0.500. The Balaban J connectivity index is 1.51. The van der Waals surface area contributed by atoms with Crippen molar-refractivity contribution >= 4 is 86.2 Å². The molecule has 4 aromatic heterocycles. The standard InChI is InChI=1S/C40H16O12/c41-33-25-17-1-2-18(4-3-17)26-28(36(44)50-34(26)42)20-9-11-22(12-10-20)30-32(40(48)52-38(30)46)24-15-13-23(14-16-24)31-29(37(45)51-39(31)47)21-7-5-19(6-8-21)27(25)35(43)49-33/h1-16H. The first-order valence-electron chi connectivity index (χ1n) is 15.6. The lowest BCUT2D eigenvalue weighted by Gasteiger charge is -1.96. The van der Waals surface area contributed by atoms with Gasteiger partial charge in [0.2, 0.25) is 0 Å². The Kier molecular flexibility index (Phi) is 6.42. The smallest absolute Gasteiger partial charge is 0.347 e. The lowest BCUT2D eigenvalue weighted by atomic mass is 10.0. The molecule has 52 heavy (non-hydrogen) atoms. The van der Waals surface area contributed by atoms with Gasteiger partial charge in [-0.2, -0.15) is 0 Å². The fourth-order valence-corrected chi connectivity index (χ4v) is 6.87. The Morgan fingerprint density at radius 1 is 0.192 bits per heavy atom. The Morgan fingerprint density at radius 3 is 0.385 bits per heavy atom. The average molecular weight is 689 g/mol. The van der Waals surface area contributed by atoms with Crippen LogP contribution in [0, 0.1) is 0 Å². The largest absolute Gasteiger partial charge is 0.386 e. The molecule has 0 spiro atoms. The fourth-order valence-electron chi connectivity index (χ4n) is 6.87. The Bertz CT molecular complexity index is 2900. The molecule has 15 aromatic rings. The average Bonchev–Trinajstić information content (AvgIpc) is 3.81. The summed E-state index contributed by atoms with van der Waals surface area (Å²) in [6.45, 7) is 0. The number of hydrogen-bond acceptors (Lipinski definition) is 12. The topological polar surface area (TPSA) is 189 Å².